The Morgan fingerprint density at radius 2 is 1.93 bits per heavy atom. The zero-order valence-corrected chi connectivity index (χ0v) is 17.8. The van der Waals surface area contributed by atoms with Gasteiger partial charge in [-0.05, 0) is 45.4 Å². The first-order valence-electron chi connectivity index (χ1n) is 9.22. The highest BCUT2D eigenvalue weighted by Gasteiger charge is 2.27. The molecule has 3 heterocycles. The van der Waals surface area contributed by atoms with E-state index >= 15 is 0 Å². The SMILES string of the molecule is CCOC(=O)c1c(C)[nH]c(C(=O)[C@@H](C)Sc2nnc(-c3ccncc3)n2C)c1C. The fourth-order valence-electron chi connectivity index (χ4n) is 3.09. The van der Waals surface area contributed by atoms with Crippen LogP contribution < -0.4 is 0 Å². The quantitative estimate of drug-likeness (QED) is 0.360. The third kappa shape index (κ3) is 4.09. The number of Topliss-reactive ketones (excluding diaryl/α,β-unsaturated/α-hetero) is 1. The van der Waals surface area contributed by atoms with Gasteiger partial charge in [0.05, 0.1) is 23.1 Å². The fourth-order valence-corrected chi connectivity index (χ4v) is 3.96. The summed E-state index contributed by atoms with van der Waals surface area (Å²) in [4.78, 5) is 32.3. The molecule has 152 valence electrons. The Balaban J connectivity index is 1.81. The summed E-state index contributed by atoms with van der Waals surface area (Å²) in [5, 5.41) is 8.67. The molecule has 29 heavy (non-hydrogen) atoms. The second-order valence-corrected chi connectivity index (χ2v) is 7.88. The van der Waals surface area contributed by atoms with Crippen molar-refractivity contribution in [3.05, 3.63) is 47.0 Å². The van der Waals surface area contributed by atoms with Crippen LogP contribution in [0.1, 0.15) is 46.0 Å². The number of ketones is 1. The van der Waals surface area contributed by atoms with Crippen molar-refractivity contribution >= 4 is 23.5 Å². The molecule has 0 saturated carbocycles. The Morgan fingerprint density at radius 3 is 2.59 bits per heavy atom. The third-order valence-electron chi connectivity index (χ3n) is 4.59. The van der Waals surface area contributed by atoms with Crippen molar-refractivity contribution < 1.29 is 14.3 Å². The number of carbonyl (C=O) groups is 2. The van der Waals surface area contributed by atoms with Crippen molar-refractivity contribution in [2.24, 2.45) is 7.05 Å². The number of ether oxygens (including phenoxy) is 1. The topological polar surface area (TPSA) is 103 Å². The van der Waals surface area contributed by atoms with Crippen LogP contribution in [0.15, 0.2) is 29.7 Å². The van der Waals surface area contributed by atoms with Crippen molar-refractivity contribution in [3.63, 3.8) is 0 Å². The molecule has 0 aliphatic rings. The first kappa shape index (κ1) is 20.8. The van der Waals surface area contributed by atoms with E-state index in [1.807, 2.05) is 30.7 Å². The molecule has 0 bridgehead atoms. The average Bonchev–Trinajstić information content (AvgIpc) is 3.21. The number of hydrogen-bond acceptors (Lipinski definition) is 7. The van der Waals surface area contributed by atoms with Gasteiger partial charge in [0.15, 0.2) is 16.8 Å². The van der Waals surface area contributed by atoms with Gasteiger partial charge in [0.2, 0.25) is 0 Å². The lowest BCUT2D eigenvalue weighted by Crippen LogP contribution is -2.16. The van der Waals surface area contributed by atoms with Crippen molar-refractivity contribution in [2.45, 2.75) is 38.1 Å². The molecule has 9 heteroatoms. The number of hydrogen-bond donors (Lipinski definition) is 1. The van der Waals surface area contributed by atoms with Gasteiger partial charge in [-0.2, -0.15) is 0 Å². The van der Waals surface area contributed by atoms with E-state index in [4.69, 9.17) is 4.74 Å². The number of H-pyrrole nitrogens is 1. The van der Waals surface area contributed by atoms with Crippen LogP contribution in [0.3, 0.4) is 0 Å². The minimum Gasteiger partial charge on any atom is -0.462 e. The second-order valence-electron chi connectivity index (χ2n) is 6.57. The number of aromatic nitrogens is 5. The summed E-state index contributed by atoms with van der Waals surface area (Å²) in [6.07, 6.45) is 3.39. The van der Waals surface area contributed by atoms with E-state index in [2.05, 4.69) is 20.2 Å². The Labute approximate surface area is 173 Å². The Morgan fingerprint density at radius 1 is 1.24 bits per heavy atom. The van der Waals surface area contributed by atoms with Crippen molar-refractivity contribution in [3.8, 4) is 11.4 Å². The monoisotopic (exact) mass is 413 g/mol. The standard InChI is InChI=1S/C20H23N5O3S/c1-6-28-19(27)15-11(2)16(22-12(15)3)17(26)13(4)29-20-24-23-18(25(20)5)14-7-9-21-10-8-14/h7-10,13,22H,6H2,1-5H3/t13-/m1/s1. The highest BCUT2D eigenvalue weighted by molar-refractivity contribution is 8.00. The molecule has 1 N–H and O–H groups in total. The van der Waals surface area contributed by atoms with Crippen LogP contribution in [0.5, 0.6) is 0 Å². The van der Waals surface area contributed by atoms with Gasteiger partial charge < -0.3 is 14.3 Å². The lowest BCUT2D eigenvalue weighted by molar-refractivity contribution is 0.0525. The summed E-state index contributed by atoms with van der Waals surface area (Å²) in [7, 11) is 1.86. The van der Waals surface area contributed by atoms with E-state index in [0.717, 1.165) is 5.56 Å². The first-order chi connectivity index (χ1) is 13.8. The molecule has 0 spiro atoms. The highest BCUT2D eigenvalue weighted by Crippen LogP contribution is 2.29. The normalized spacial score (nSPS) is 12.0. The minimum absolute atomic E-state index is 0.111. The zero-order chi connectivity index (χ0) is 21.1. The smallest absolute Gasteiger partial charge is 0.340 e. The van der Waals surface area contributed by atoms with E-state index in [0.29, 0.717) is 33.5 Å². The molecule has 0 amide bonds. The second kappa shape index (κ2) is 8.60. The molecule has 0 aliphatic carbocycles. The molecule has 0 saturated heterocycles. The molecule has 0 aromatic carbocycles. The van der Waals surface area contributed by atoms with Crippen LogP contribution >= 0.6 is 11.8 Å². The number of nitrogens with one attached hydrogen (secondary N) is 1. The number of pyridine rings is 1. The largest absolute Gasteiger partial charge is 0.462 e. The third-order valence-corrected chi connectivity index (χ3v) is 5.72. The number of thioether (sulfide) groups is 1. The van der Waals surface area contributed by atoms with Gasteiger partial charge >= 0.3 is 5.97 Å². The van der Waals surface area contributed by atoms with Crippen LogP contribution in [-0.2, 0) is 11.8 Å². The number of aryl methyl sites for hydroxylation is 1. The van der Waals surface area contributed by atoms with Gasteiger partial charge in [0.25, 0.3) is 0 Å². The number of rotatable bonds is 7. The van der Waals surface area contributed by atoms with Gasteiger partial charge in [-0.1, -0.05) is 11.8 Å². The molecule has 0 unspecified atom stereocenters. The Bertz CT molecular complexity index is 1040. The lowest BCUT2D eigenvalue weighted by Gasteiger charge is -2.10. The van der Waals surface area contributed by atoms with Crippen LogP contribution in [0.2, 0.25) is 0 Å². The first-order valence-corrected chi connectivity index (χ1v) is 10.1. The van der Waals surface area contributed by atoms with Crippen LogP contribution in [-0.4, -0.2) is 48.3 Å². The van der Waals surface area contributed by atoms with Gasteiger partial charge in [0, 0.05) is 30.7 Å². The summed E-state index contributed by atoms with van der Waals surface area (Å²) in [5.74, 6) is 0.166. The van der Waals surface area contributed by atoms with Crippen LogP contribution in [0.25, 0.3) is 11.4 Å². The predicted molar refractivity (Wildman–Crippen MR) is 110 cm³/mol. The summed E-state index contributed by atoms with van der Waals surface area (Å²) in [6, 6.07) is 3.71. The number of nitrogens with zero attached hydrogens (tertiary/aromatic N) is 4. The van der Waals surface area contributed by atoms with Crippen molar-refractivity contribution in [1.29, 1.82) is 0 Å². The molecular weight excluding hydrogens is 390 g/mol. The molecule has 0 radical (unpaired) electrons. The molecule has 8 nitrogen and oxygen atoms in total. The number of esters is 1. The lowest BCUT2D eigenvalue weighted by atomic mass is 10.1. The van der Waals surface area contributed by atoms with E-state index in [1.165, 1.54) is 11.8 Å². The number of aromatic amines is 1. The summed E-state index contributed by atoms with van der Waals surface area (Å²) >= 11 is 1.32. The van der Waals surface area contributed by atoms with Crippen LogP contribution in [0, 0.1) is 13.8 Å². The summed E-state index contributed by atoms with van der Waals surface area (Å²) < 4.78 is 6.95. The predicted octanol–water partition coefficient (Wildman–Crippen LogP) is 3.36. The van der Waals surface area contributed by atoms with E-state index in [-0.39, 0.29) is 12.4 Å². The molecule has 0 fully saturated rings. The van der Waals surface area contributed by atoms with Gasteiger partial charge in [-0.15, -0.1) is 10.2 Å². The van der Waals surface area contributed by atoms with Crippen molar-refractivity contribution in [1.82, 2.24) is 24.7 Å². The van der Waals surface area contributed by atoms with E-state index in [1.54, 1.807) is 33.2 Å². The molecule has 3 aromatic heterocycles. The van der Waals surface area contributed by atoms with E-state index in [9.17, 15) is 9.59 Å². The molecule has 1 atom stereocenters. The Kier molecular flexibility index (Phi) is 6.17. The maximum absolute atomic E-state index is 13.0. The highest BCUT2D eigenvalue weighted by atomic mass is 32.2. The minimum atomic E-state index is -0.423. The van der Waals surface area contributed by atoms with Gasteiger partial charge in [0.1, 0.15) is 0 Å². The molecule has 0 aliphatic heterocycles. The van der Waals surface area contributed by atoms with E-state index < -0.39 is 11.2 Å². The molecular formula is C20H23N5O3S. The fraction of sp³-hybridized carbons (Fsp3) is 0.350. The van der Waals surface area contributed by atoms with Crippen molar-refractivity contribution in [2.75, 3.05) is 6.61 Å². The van der Waals surface area contributed by atoms with Gasteiger partial charge in [-0.25, -0.2) is 4.79 Å². The number of carbonyl (C=O) groups excluding carboxylic acids is 2. The molecule has 3 rings (SSSR count). The Hall–Kier alpha value is -2.94. The van der Waals surface area contributed by atoms with Crippen LogP contribution in [0.4, 0.5) is 0 Å². The maximum atomic E-state index is 13.0. The van der Waals surface area contributed by atoms with Gasteiger partial charge in [-0.3, -0.25) is 9.78 Å². The summed E-state index contributed by atoms with van der Waals surface area (Å²) in [5.41, 5.74) is 2.97. The zero-order valence-electron chi connectivity index (χ0n) is 17.0. The average molecular weight is 414 g/mol. The summed E-state index contributed by atoms with van der Waals surface area (Å²) in [6.45, 7) is 7.36. The maximum Gasteiger partial charge on any atom is 0.340 e. The molecule has 3 aromatic rings.